The SMILES string of the molecule is CCC(C)N(C)c1cc(Cl)ccc1/C=C/C(=O)O. The Bertz CT molecular complexity index is 457. The molecule has 1 rings (SSSR count). The quantitative estimate of drug-likeness (QED) is 0.828. The molecule has 0 aliphatic rings. The van der Waals surface area contributed by atoms with E-state index >= 15 is 0 Å². The Labute approximate surface area is 113 Å². The van der Waals surface area contributed by atoms with Gasteiger partial charge in [-0.05, 0) is 37.1 Å². The van der Waals surface area contributed by atoms with Crippen LogP contribution in [0.25, 0.3) is 6.08 Å². The van der Waals surface area contributed by atoms with Gasteiger partial charge in [0, 0.05) is 29.9 Å². The number of carbonyl (C=O) groups is 1. The fraction of sp³-hybridized carbons (Fsp3) is 0.357. The minimum absolute atomic E-state index is 0.362. The average Bonchev–Trinajstić information content (AvgIpc) is 2.35. The Morgan fingerprint density at radius 3 is 2.78 bits per heavy atom. The van der Waals surface area contributed by atoms with Gasteiger partial charge in [-0.3, -0.25) is 0 Å². The maximum absolute atomic E-state index is 10.6. The first-order valence-electron chi connectivity index (χ1n) is 5.89. The van der Waals surface area contributed by atoms with E-state index in [1.165, 1.54) is 0 Å². The van der Waals surface area contributed by atoms with Gasteiger partial charge in [0.15, 0.2) is 0 Å². The molecule has 3 nitrogen and oxygen atoms in total. The summed E-state index contributed by atoms with van der Waals surface area (Å²) in [6.45, 7) is 4.23. The van der Waals surface area contributed by atoms with E-state index in [-0.39, 0.29) is 0 Å². The molecule has 18 heavy (non-hydrogen) atoms. The van der Waals surface area contributed by atoms with Crippen molar-refractivity contribution in [3.05, 3.63) is 34.9 Å². The first-order chi connectivity index (χ1) is 8.45. The molecule has 0 bridgehead atoms. The number of carboxylic acid groups (broad SMARTS) is 1. The Morgan fingerprint density at radius 2 is 2.22 bits per heavy atom. The first-order valence-corrected chi connectivity index (χ1v) is 6.27. The number of nitrogens with zero attached hydrogens (tertiary/aromatic N) is 1. The molecular weight excluding hydrogens is 250 g/mol. The van der Waals surface area contributed by atoms with E-state index < -0.39 is 5.97 Å². The molecular formula is C14H18ClNO2. The van der Waals surface area contributed by atoms with Gasteiger partial charge in [-0.25, -0.2) is 4.79 Å². The summed E-state index contributed by atoms with van der Waals surface area (Å²) in [5, 5.41) is 9.33. The third kappa shape index (κ3) is 3.77. The molecule has 4 heteroatoms. The number of anilines is 1. The predicted octanol–water partition coefficient (Wildman–Crippen LogP) is 3.67. The average molecular weight is 268 g/mol. The summed E-state index contributed by atoms with van der Waals surface area (Å²) in [6.07, 6.45) is 3.73. The minimum atomic E-state index is -0.956. The standard InChI is InChI=1S/C14H18ClNO2/c1-4-10(2)16(3)13-9-12(15)7-5-11(13)6-8-14(17)18/h5-10H,4H2,1-3H3,(H,17,18)/b8-6+. The number of halogens is 1. The van der Waals surface area contributed by atoms with Crippen LogP contribution in [0.3, 0.4) is 0 Å². The van der Waals surface area contributed by atoms with Gasteiger partial charge in [0.05, 0.1) is 0 Å². The Hall–Kier alpha value is -1.48. The third-order valence-corrected chi connectivity index (χ3v) is 3.27. The maximum Gasteiger partial charge on any atom is 0.328 e. The van der Waals surface area contributed by atoms with Crippen LogP contribution < -0.4 is 4.90 Å². The first kappa shape index (κ1) is 14.6. The highest BCUT2D eigenvalue weighted by atomic mass is 35.5. The van der Waals surface area contributed by atoms with Crippen LogP contribution in [0.5, 0.6) is 0 Å². The van der Waals surface area contributed by atoms with Crippen LogP contribution in [0.2, 0.25) is 5.02 Å². The number of hydrogen-bond acceptors (Lipinski definition) is 2. The van der Waals surface area contributed by atoms with Crippen molar-refractivity contribution in [1.29, 1.82) is 0 Å². The van der Waals surface area contributed by atoms with E-state index in [2.05, 4.69) is 18.7 Å². The molecule has 1 N–H and O–H groups in total. The molecule has 1 aromatic rings. The minimum Gasteiger partial charge on any atom is -0.478 e. The molecule has 0 saturated carbocycles. The zero-order valence-corrected chi connectivity index (χ0v) is 11.6. The Kier molecular flexibility index (Phi) is 5.23. The largest absolute Gasteiger partial charge is 0.478 e. The maximum atomic E-state index is 10.6. The molecule has 0 aromatic heterocycles. The normalized spacial score (nSPS) is 12.7. The summed E-state index contributed by atoms with van der Waals surface area (Å²) in [5.74, 6) is -0.956. The van der Waals surface area contributed by atoms with Crippen LogP contribution in [-0.2, 0) is 4.79 Å². The van der Waals surface area contributed by atoms with Crippen LogP contribution in [0.1, 0.15) is 25.8 Å². The second-order valence-corrected chi connectivity index (χ2v) is 4.68. The molecule has 0 amide bonds. The number of carboxylic acids is 1. The lowest BCUT2D eigenvalue weighted by Gasteiger charge is -2.27. The zero-order valence-electron chi connectivity index (χ0n) is 10.9. The fourth-order valence-corrected chi connectivity index (χ4v) is 1.80. The number of rotatable bonds is 5. The number of benzene rings is 1. The van der Waals surface area contributed by atoms with Gasteiger partial charge in [-0.1, -0.05) is 24.6 Å². The molecule has 1 atom stereocenters. The zero-order chi connectivity index (χ0) is 13.7. The van der Waals surface area contributed by atoms with Crippen LogP contribution in [0, 0.1) is 0 Å². The second-order valence-electron chi connectivity index (χ2n) is 4.24. The smallest absolute Gasteiger partial charge is 0.328 e. The lowest BCUT2D eigenvalue weighted by Crippen LogP contribution is -2.28. The molecule has 0 aliphatic carbocycles. The Balaban J connectivity index is 3.14. The van der Waals surface area contributed by atoms with Gasteiger partial charge in [0.25, 0.3) is 0 Å². The van der Waals surface area contributed by atoms with Crippen LogP contribution >= 0.6 is 11.6 Å². The molecule has 0 radical (unpaired) electrons. The van der Waals surface area contributed by atoms with Crippen molar-refractivity contribution in [2.75, 3.05) is 11.9 Å². The van der Waals surface area contributed by atoms with Crippen molar-refractivity contribution >= 4 is 29.3 Å². The summed E-state index contributed by atoms with van der Waals surface area (Å²) in [7, 11) is 1.98. The van der Waals surface area contributed by atoms with Crippen LogP contribution in [-0.4, -0.2) is 24.2 Å². The van der Waals surface area contributed by atoms with E-state index in [0.29, 0.717) is 11.1 Å². The van der Waals surface area contributed by atoms with E-state index in [4.69, 9.17) is 16.7 Å². The van der Waals surface area contributed by atoms with Crippen molar-refractivity contribution in [3.8, 4) is 0 Å². The monoisotopic (exact) mass is 267 g/mol. The fourth-order valence-electron chi connectivity index (χ4n) is 1.64. The molecule has 0 fully saturated rings. The molecule has 1 unspecified atom stereocenters. The van der Waals surface area contributed by atoms with Crippen molar-refractivity contribution < 1.29 is 9.90 Å². The molecule has 98 valence electrons. The van der Waals surface area contributed by atoms with E-state index in [9.17, 15) is 4.79 Å². The highest BCUT2D eigenvalue weighted by molar-refractivity contribution is 6.31. The summed E-state index contributed by atoms with van der Waals surface area (Å²) < 4.78 is 0. The summed E-state index contributed by atoms with van der Waals surface area (Å²) >= 11 is 6.00. The van der Waals surface area contributed by atoms with Crippen molar-refractivity contribution in [1.82, 2.24) is 0 Å². The van der Waals surface area contributed by atoms with E-state index in [1.807, 2.05) is 19.2 Å². The molecule has 0 heterocycles. The van der Waals surface area contributed by atoms with Gasteiger partial charge < -0.3 is 10.0 Å². The van der Waals surface area contributed by atoms with Gasteiger partial charge in [0.1, 0.15) is 0 Å². The molecule has 0 spiro atoms. The highest BCUT2D eigenvalue weighted by Crippen LogP contribution is 2.27. The number of aliphatic carboxylic acids is 1. The van der Waals surface area contributed by atoms with Gasteiger partial charge in [-0.15, -0.1) is 0 Å². The Morgan fingerprint density at radius 1 is 1.56 bits per heavy atom. The van der Waals surface area contributed by atoms with Crippen LogP contribution in [0.15, 0.2) is 24.3 Å². The predicted molar refractivity (Wildman–Crippen MR) is 76.3 cm³/mol. The topological polar surface area (TPSA) is 40.5 Å². The van der Waals surface area contributed by atoms with E-state index in [0.717, 1.165) is 23.7 Å². The molecule has 0 aliphatic heterocycles. The van der Waals surface area contributed by atoms with Crippen molar-refractivity contribution in [2.24, 2.45) is 0 Å². The summed E-state index contributed by atoms with van der Waals surface area (Å²) in [5.41, 5.74) is 1.79. The van der Waals surface area contributed by atoms with Crippen molar-refractivity contribution in [2.45, 2.75) is 26.3 Å². The lowest BCUT2D eigenvalue weighted by molar-refractivity contribution is -0.131. The summed E-state index contributed by atoms with van der Waals surface area (Å²) in [6, 6.07) is 5.81. The van der Waals surface area contributed by atoms with E-state index in [1.54, 1.807) is 12.1 Å². The van der Waals surface area contributed by atoms with Gasteiger partial charge in [-0.2, -0.15) is 0 Å². The van der Waals surface area contributed by atoms with Crippen molar-refractivity contribution in [3.63, 3.8) is 0 Å². The number of hydrogen-bond donors (Lipinski definition) is 1. The van der Waals surface area contributed by atoms with Gasteiger partial charge in [0.2, 0.25) is 0 Å². The van der Waals surface area contributed by atoms with Crippen LogP contribution in [0.4, 0.5) is 5.69 Å². The third-order valence-electron chi connectivity index (χ3n) is 3.03. The molecule has 0 saturated heterocycles. The lowest BCUT2D eigenvalue weighted by atomic mass is 10.1. The highest BCUT2D eigenvalue weighted by Gasteiger charge is 2.11. The van der Waals surface area contributed by atoms with Gasteiger partial charge >= 0.3 is 5.97 Å². The second kappa shape index (κ2) is 6.45. The summed E-state index contributed by atoms with van der Waals surface area (Å²) in [4.78, 5) is 12.7. The molecule has 1 aromatic carbocycles.